The lowest BCUT2D eigenvalue weighted by Gasteiger charge is -2.31. The largest absolute Gasteiger partial charge is 0.309 e. The van der Waals surface area contributed by atoms with Crippen molar-refractivity contribution in [1.82, 2.24) is 4.57 Å². The molecule has 0 saturated heterocycles. The molecule has 1 fully saturated rings. The van der Waals surface area contributed by atoms with Gasteiger partial charge in [0.2, 0.25) is 0 Å². The van der Waals surface area contributed by atoms with Gasteiger partial charge in [0.25, 0.3) is 0 Å². The molecule has 1 aliphatic carbocycles. The van der Waals surface area contributed by atoms with Gasteiger partial charge in [-0.1, -0.05) is 189 Å². The summed E-state index contributed by atoms with van der Waals surface area (Å²) in [4.78, 5) is 2.52. The first-order valence-electron chi connectivity index (χ1n) is 21.5. The standard InChI is InChI=1S/C58H46N2/c1-4-18-41(19-5-1)42-34-36-44(37-35-42)48-26-10-13-31-54(48)60(47-38-39-52-50-27-11-14-32-55(50)59(57(52)40-47)46-24-8-3-9-25-46)56-33-15-12-28-51(56)53-30-17-23-45-22-16-29-49(58(45)53)43-20-6-2-7-21-43/h1,3-5,8-19,22-40,43H,2,6-7,20-21H2. The van der Waals surface area contributed by atoms with E-state index in [1.165, 1.54) is 104 Å². The van der Waals surface area contributed by atoms with Gasteiger partial charge in [-0.05, 0) is 99.8 Å². The molecule has 0 atom stereocenters. The van der Waals surface area contributed by atoms with Crippen LogP contribution < -0.4 is 4.90 Å². The van der Waals surface area contributed by atoms with Crippen LogP contribution in [0.25, 0.3) is 71.6 Å². The summed E-state index contributed by atoms with van der Waals surface area (Å²) in [5.74, 6) is 0.578. The maximum Gasteiger partial charge on any atom is 0.0561 e. The second-order valence-corrected chi connectivity index (χ2v) is 16.3. The predicted octanol–water partition coefficient (Wildman–Crippen LogP) is 16.5. The number of para-hydroxylation sites is 4. The van der Waals surface area contributed by atoms with Gasteiger partial charge < -0.3 is 9.47 Å². The molecule has 0 amide bonds. The van der Waals surface area contributed by atoms with E-state index in [2.05, 4.69) is 222 Å². The van der Waals surface area contributed by atoms with Crippen molar-refractivity contribution in [2.24, 2.45) is 0 Å². The van der Waals surface area contributed by atoms with Gasteiger partial charge in [-0.15, -0.1) is 0 Å². The Balaban J connectivity index is 1.16. The zero-order chi connectivity index (χ0) is 39.8. The van der Waals surface area contributed by atoms with Crippen LogP contribution in [0.3, 0.4) is 0 Å². The van der Waals surface area contributed by atoms with Crippen molar-refractivity contribution >= 4 is 49.6 Å². The maximum absolute atomic E-state index is 2.52. The third-order valence-electron chi connectivity index (χ3n) is 12.8. The highest BCUT2D eigenvalue weighted by Crippen LogP contribution is 2.48. The lowest BCUT2D eigenvalue weighted by molar-refractivity contribution is 0.445. The molecule has 1 saturated carbocycles. The molecule has 0 N–H and O–H groups in total. The number of fused-ring (bicyclic) bond motifs is 4. The molecular formula is C58H46N2. The Bertz CT molecular complexity index is 3110. The van der Waals surface area contributed by atoms with Crippen LogP contribution in [0, 0.1) is 0 Å². The van der Waals surface area contributed by atoms with Crippen LogP contribution >= 0.6 is 0 Å². The fourth-order valence-electron chi connectivity index (χ4n) is 9.99. The molecule has 288 valence electrons. The van der Waals surface area contributed by atoms with E-state index in [1.807, 2.05) is 0 Å². The zero-order valence-electron chi connectivity index (χ0n) is 33.7. The summed E-state index contributed by atoms with van der Waals surface area (Å²) in [5.41, 5.74) is 15.7. The molecule has 1 aromatic heterocycles. The topological polar surface area (TPSA) is 8.17 Å². The molecule has 0 unspecified atom stereocenters. The van der Waals surface area contributed by atoms with Gasteiger partial charge in [-0.3, -0.25) is 0 Å². The van der Waals surface area contributed by atoms with Crippen molar-refractivity contribution in [1.29, 1.82) is 0 Å². The van der Waals surface area contributed by atoms with E-state index in [9.17, 15) is 0 Å². The minimum Gasteiger partial charge on any atom is -0.309 e. The van der Waals surface area contributed by atoms with E-state index >= 15 is 0 Å². The minimum absolute atomic E-state index is 0.578. The first kappa shape index (κ1) is 36.0. The molecule has 10 aromatic rings. The first-order chi connectivity index (χ1) is 29.8. The highest BCUT2D eigenvalue weighted by atomic mass is 15.1. The number of benzene rings is 9. The normalized spacial score (nSPS) is 13.3. The molecule has 0 spiro atoms. The quantitative estimate of drug-likeness (QED) is 0.149. The fraction of sp³-hybridized carbons (Fsp3) is 0.103. The Morgan fingerprint density at radius 2 is 0.983 bits per heavy atom. The van der Waals surface area contributed by atoms with Crippen LogP contribution in [0.5, 0.6) is 0 Å². The molecule has 11 rings (SSSR count). The first-order valence-corrected chi connectivity index (χ1v) is 21.5. The van der Waals surface area contributed by atoms with Crippen LogP contribution in [0.1, 0.15) is 43.6 Å². The Kier molecular flexibility index (Phi) is 9.32. The second kappa shape index (κ2) is 15.5. The molecular weight excluding hydrogens is 725 g/mol. The zero-order valence-corrected chi connectivity index (χ0v) is 33.7. The van der Waals surface area contributed by atoms with Crippen LogP contribution in [-0.2, 0) is 0 Å². The average molecular weight is 771 g/mol. The summed E-state index contributed by atoms with van der Waals surface area (Å²) in [6.07, 6.45) is 6.46. The van der Waals surface area contributed by atoms with Gasteiger partial charge in [0.15, 0.2) is 0 Å². The summed E-state index contributed by atoms with van der Waals surface area (Å²) in [5, 5.41) is 5.19. The number of nitrogens with zero attached hydrogens (tertiary/aromatic N) is 2. The number of anilines is 3. The van der Waals surface area contributed by atoms with Crippen LogP contribution in [0.4, 0.5) is 17.1 Å². The molecule has 2 nitrogen and oxygen atoms in total. The van der Waals surface area contributed by atoms with Crippen molar-refractivity contribution in [3.63, 3.8) is 0 Å². The van der Waals surface area contributed by atoms with Gasteiger partial charge in [-0.25, -0.2) is 0 Å². The monoisotopic (exact) mass is 770 g/mol. The minimum atomic E-state index is 0.578. The van der Waals surface area contributed by atoms with E-state index in [-0.39, 0.29) is 0 Å². The number of aromatic nitrogens is 1. The fourth-order valence-corrected chi connectivity index (χ4v) is 9.99. The Morgan fingerprint density at radius 1 is 0.400 bits per heavy atom. The van der Waals surface area contributed by atoms with Crippen molar-refractivity contribution in [3.8, 4) is 39.1 Å². The molecule has 0 radical (unpaired) electrons. The van der Waals surface area contributed by atoms with Gasteiger partial charge in [0.1, 0.15) is 0 Å². The van der Waals surface area contributed by atoms with Crippen LogP contribution in [0.15, 0.2) is 212 Å². The Labute approximate surface area is 352 Å². The third-order valence-corrected chi connectivity index (χ3v) is 12.8. The van der Waals surface area contributed by atoms with Gasteiger partial charge >= 0.3 is 0 Å². The predicted molar refractivity (Wildman–Crippen MR) is 255 cm³/mol. The van der Waals surface area contributed by atoms with Crippen molar-refractivity contribution in [2.75, 3.05) is 4.90 Å². The van der Waals surface area contributed by atoms with Crippen molar-refractivity contribution < 1.29 is 0 Å². The van der Waals surface area contributed by atoms with Crippen LogP contribution in [-0.4, -0.2) is 4.57 Å². The van der Waals surface area contributed by atoms with Crippen LogP contribution in [0.2, 0.25) is 0 Å². The molecule has 1 heterocycles. The SMILES string of the molecule is c1ccc(-c2ccc(-c3ccccc3N(c3ccc4c5ccccc5n(-c5ccccc5)c4c3)c3ccccc3-c3cccc4cccc(C5CCCCC5)c34)cc2)cc1. The van der Waals surface area contributed by atoms with E-state index in [4.69, 9.17) is 0 Å². The summed E-state index contributed by atoms with van der Waals surface area (Å²) >= 11 is 0. The molecule has 1 aliphatic rings. The molecule has 0 aliphatic heterocycles. The maximum atomic E-state index is 2.52. The summed E-state index contributed by atoms with van der Waals surface area (Å²) in [6.45, 7) is 0. The number of hydrogen-bond donors (Lipinski definition) is 0. The molecule has 60 heavy (non-hydrogen) atoms. The number of hydrogen-bond acceptors (Lipinski definition) is 1. The lowest BCUT2D eigenvalue weighted by atomic mass is 9.80. The van der Waals surface area contributed by atoms with Gasteiger partial charge in [-0.2, -0.15) is 0 Å². The second-order valence-electron chi connectivity index (χ2n) is 16.3. The lowest BCUT2D eigenvalue weighted by Crippen LogP contribution is -2.13. The summed E-state index contributed by atoms with van der Waals surface area (Å²) in [7, 11) is 0. The van der Waals surface area contributed by atoms with Crippen molar-refractivity contribution in [3.05, 3.63) is 218 Å². The Morgan fingerprint density at radius 3 is 1.77 bits per heavy atom. The smallest absolute Gasteiger partial charge is 0.0561 e. The van der Waals surface area contributed by atoms with E-state index in [0.717, 1.165) is 22.7 Å². The molecule has 0 bridgehead atoms. The number of rotatable bonds is 8. The summed E-state index contributed by atoms with van der Waals surface area (Å²) in [6, 6.07) is 78.3. The highest BCUT2D eigenvalue weighted by Gasteiger charge is 2.25. The summed E-state index contributed by atoms with van der Waals surface area (Å²) < 4.78 is 2.42. The molecule has 9 aromatic carbocycles. The molecule has 2 heteroatoms. The average Bonchev–Trinajstić information content (AvgIpc) is 3.66. The third kappa shape index (κ3) is 6.37. The highest BCUT2D eigenvalue weighted by molar-refractivity contribution is 6.11. The van der Waals surface area contributed by atoms with Crippen molar-refractivity contribution in [2.45, 2.75) is 38.0 Å². The van der Waals surface area contributed by atoms with Gasteiger partial charge in [0, 0.05) is 33.3 Å². The van der Waals surface area contributed by atoms with Gasteiger partial charge in [0.05, 0.1) is 22.4 Å². The van der Waals surface area contributed by atoms with E-state index in [1.54, 1.807) is 0 Å². The Hall–Kier alpha value is -7.16. The van der Waals surface area contributed by atoms with E-state index in [0.29, 0.717) is 5.92 Å². The van der Waals surface area contributed by atoms with E-state index < -0.39 is 0 Å².